The number of hydrogen-bond acceptors (Lipinski definition) is 6. The van der Waals surface area contributed by atoms with Gasteiger partial charge in [0, 0.05) is 31.1 Å². The zero-order valence-electron chi connectivity index (χ0n) is 19.5. The summed E-state index contributed by atoms with van der Waals surface area (Å²) in [5.74, 6) is -0.477. The van der Waals surface area contributed by atoms with E-state index < -0.39 is 23.6 Å². The van der Waals surface area contributed by atoms with E-state index in [1.807, 2.05) is 25.7 Å². The summed E-state index contributed by atoms with van der Waals surface area (Å²) in [4.78, 5) is 32.3. The fourth-order valence-electron chi connectivity index (χ4n) is 4.03. The van der Waals surface area contributed by atoms with Crippen LogP contribution in [0.4, 0.5) is 25.4 Å². The van der Waals surface area contributed by atoms with E-state index in [-0.39, 0.29) is 25.2 Å². The van der Waals surface area contributed by atoms with E-state index >= 15 is 4.39 Å². The summed E-state index contributed by atoms with van der Waals surface area (Å²) >= 11 is 0. The average Bonchev–Trinajstić information content (AvgIpc) is 2.95. The highest BCUT2D eigenvalue weighted by atomic mass is 19.1. The molecule has 0 saturated carbocycles. The predicted octanol–water partition coefficient (Wildman–Crippen LogP) is 4.69. The second kappa shape index (κ2) is 10.2. The molecule has 2 amide bonds. The SMILES string of the molecule is CN(c1ccc(N2CC(CN=[N+]=[N-])OC2=O)cc1F)C1CCCCN(C(=O)OC(C)(C)C)C1. The minimum Gasteiger partial charge on any atom is -0.444 e. The van der Waals surface area contributed by atoms with Gasteiger partial charge in [-0.15, -0.1) is 0 Å². The monoisotopic (exact) mass is 462 g/mol. The third kappa shape index (κ3) is 6.19. The lowest BCUT2D eigenvalue weighted by Gasteiger charge is -2.33. The first-order valence-corrected chi connectivity index (χ1v) is 11.1. The first kappa shape index (κ1) is 24.4. The number of azide groups is 1. The highest BCUT2D eigenvalue weighted by molar-refractivity contribution is 5.90. The maximum Gasteiger partial charge on any atom is 0.414 e. The smallest absolute Gasteiger partial charge is 0.414 e. The van der Waals surface area contributed by atoms with E-state index in [2.05, 4.69) is 10.0 Å². The number of cyclic esters (lactones) is 1. The van der Waals surface area contributed by atoms with Crippen molar-refractivity contribution < 1.29 is 23.5 Å². The summed E-state index contributed by atoms with van der Waals surface area (Å²) in [6.07, 6.45) is 1.06. The minimum atomic E-state index is -0.606. The van der Waals surface area contributed by atoms with Gasteiger partial charge in [0.2, 0.25) is 0 Å². The summed E-state index contributed by atoms with van der Waals surface area (Å²) in [6, 6.07) is 4.51. The van der Waals surface area contributed by atoms with Crippen molar-refractivity contribution >= 4 is 23.6 Å². The van der Waals surface area contributed by atoms with Crippen molar-refractivity contribution in [1.82, 2.24) is 4.90 Å². The summed E-state index contributed by atoms with van der Waals surface area (Å²) < 4.78 is 25.8. The van der Waals surface area contributed by atoms with Crippen LogP contribution in [0.5, 0.6) is 0 Å². The van der Waals surface area contributed by atoms with E-state index in [1.54, 1.807) is 24.1 Å². The lowest BCUT2D eigenvalue weighted by atomic mass is 10.1. The molecule has 2 aliphatic rings. The number of nitrogens with zero attached hydrogens (tertiary/aromatic N) is 6. The van der Waals surface area contributed by atoms with Gasteiger partial charge in [0.25, 0.3) is 0 Å². The molecule has 0 radical (unpaired) electrons. The Bertz CT molecular complexity index is 930. The standard InChI is InChI=1S/C22H31FN6O4/c1-22(2,3)33-20(30)28-10-6-5-7-16(13-28)27(4)19-9-8-15(11-18(19)23)29-14-17(12-25-26-24)32-21(29)31/h8-9,11,16-17H,5-7,10,12-14H2,1-4H3. The molecular formula is C22H31FN6O4. The third-order valence-electron chi connectivity index (χ3n) is 5.69. The number of likely N-dealkylation sites (N-methyl/N-ethyl adjacent to an activating group) is 1. The summed E-state index contributed by atoms with van der Waals surface area (Å²) in [5, 5.41) is 3.43. The molecule has 2 atom stereocenters. The molecule has 180 valence electrons. The van der Waals surface area contributed by atoms with Gasteiger partial charge in [0.15, 0.2) is 0 Å². The van der Waals surface area contributed by atoms with Crippen LogP contribution in [0.25, 0.3) is 10.4 Å². The summed E-state index contributed by atoms with van der Waals surface area (Å²) in [5.41, 5.74) is 8.61. The van der Waals surface area contributed by atoms with E-state index in [1.165, 1.54) is 11.0 Å². The van der Waals surface area contributed by atoms with Crippen molar-refractivity contribution in [1.29, 1.82) is 0 Å². The molecule has 2 aliphatic heterocycles. The molecule has 3 rings (SSSR count). The Kier molecular flexibility index (Phi) is 7.53. The van der Waals surface area contributed by atoms with Crippen molar-refractivity contribution in [3.63, 3.8) is 0 Å². The first-order chi connectivity index (χ1) is 15.6. The van der Waals surface area contributed by atoms with Gasteiger partial charge in [-0.05, 0) is 63.8 Å². The van der Waals surface area contributed by atoms with Crippen molar-refractivity contribution in [2.45, 2.75) is 57.8 Å². The fraction of sp³-hybridized carbons (Fsp3) is 0.636. The lowest BCUT2D eigenvalue weighted by molar-refractivity contribution is 0.0249. The normalized spacial score (nSPS) is 21.2. The summed E-state index contributed by atoms with van der Waals surface area (Å²) in [6.45, 7) is 6.74. The minimum absolute atomic E-state index is 0.0257. The average molecular weight is 463 g/mol. The number of halogens is 1. The van der Waals surface area contributed by atoms with Gasteiger partial charge in [-0.2, -0.15) is 0 Å². The van der Waals surface area contributed by atoms with Crippen LogP contribution in [-0.2, 0) is 9.47 Å². The Morgan fingerprint density at radius 3 is 2.79 bits per heavy atom. The van der Waals surface area contributed by atoms with Crippen molar-refractivity contribution in [2.24, 2.45) is 5.11 Å². The number of carbonyl (C=O) groups excluding carboxylic acids is 2. The molecule has 33 heavy (non-hydrogen) atoms. The molecule has 2 unspecified atom stereocenters. The van der Waals surface area contributed by atoms with E-state index in [4.69, 9.17) is 15.0 Å². The Balaban J connectivity index is 1.71. The van der Waals surface area contributed by atoms with Gasteiger partial charge < -0.3 is 19.3 Å². The van der Waals surface area contributed by atoms with Crippen LogP contribution < -0.4 is 9.80 Å². The predicted molar refractivity (Wildman–Crippen MR) is 122 cm³/mol. The largest absolute Gasteiger partial charge is 0.444 e. The molecule has 2 fully saturated rings. The maximum atomic E-state index is 15.1. The molecule has 1 aromatic rings. The summed E-state index contributed by atoms with van der Waals surface area (Å²) in [7, 11) is 1.81. The van der Waals surface area contributed by atoms with Crippen LogP contribution in [0.3, 0.4) is 0 Å². The van der Waals surface area contributed by atoms with Crippen LogP contribution in [-0.4, -0.2) is 68.1 Å². The van der Waals surface area contributed by atoms with Gasteiger partial charge >= 0.3 is 12.2 Å². The zero-order chi connectivity index (χ0) is 24.2. The van der Waals surface area contributed by atoms with Crippen molar-refractivity contribution in [3.8, 4) is 0 Å². The Labute approximate surface area is 192 Å². The van der Waals surface area contributed by atoms with Crippen LogP contribution in [0.1, 0.15) is 40.0 Å². The van der Waals surface area contributed by atoms with Gasteiger partial charge in [0.05, 0.1) is 24.5 Å². The van der Waals surface area contributed by atoms with Crippen molar-refractivity contribution in [3.05, 3.63) is 34.5 Å². The zero-order valence-corrected chi connectivity index (χ0v) is 19.5. The molecule has 0 spiro atoms. The molecule has 2 heterocycles. The molecule has 0 aromatic heterocycles. The van der Waals surface area contributed by atoms with E-state index in [9.17, 15) is 9.59 Å². The second-order valence-electron chi connectivity index (χ2n) is 9.35. The van der Waals surface area contributed by atoms with Crippen LogP contribution in [0.15, 0.2) is 23.3 Å². The molecule has 2 saturated heterocycles. The second-order valence-corrected chi connectivity index (χ2v) is 9.35. The Morgan fingerprint density at radius 2 is 2.12 bits per heavy atom. The fourth-order valence-corrected chi connectivity index (χ4v) is 4.03. The van der Waals surface area contributed by atoms with Gasteiger partial charge in [-0.1, -0.05) is 5.11 Å². The number of hydrogen-bond donors (Lipinski definition) is 0. The van der Waals surface area contributed by atoms with Gasteiger partial charge in [0.1, 0.15) is 17.5 Å². The topological polar surface area (TPSA) is 111 Å². The molecular weight excluding hydrogens is 431 g/mol. The number of carbonyl (C=O) groups is 2. The Hall–Kier alpha value is -3.20. The first-order valence-electron chi connectivity index (χ1n) is 11.1. The van der Waals surface area contributed by atoms with Gasteiger partial charge in [-0.25, -0.2) is 14.0 Å². The number of likely N-dealkylation sites (tertiary alicyclic amines) is 1. The van der Waals surface area contributed by atoms with Crippen LogP contribution in [0.2, 0.25) is 0 Å². The quantitative estimate of drug-likeness (QED) is 0.358. The number of amides is 2. The highest BCUT2D eigenvalue weighted by Crippen LogP contribution is 2.30. The van der Waals surface area contributed by atoms with Crippen molar-refractivity contribution in [2.75, 3.05) is 43.0 Å². The highest BCUT2D eigenvalue weighted by Gasteiger charge is 2.33. The lowest BCUT2D eigenvalue weighted by Crippen LogP contribution is -2.45. The maximum absolute atomic E-state index is 15.1. The molecule has 0 aliphatic carbocycles. The van der Waals surface area contributed by atoms with Crippen LogP contribution in [0, 0.1) is 5.82 Å². The van der Waals surface area contributed by atoms with E-state index in [0.717, 1.165) is 19.3 Å². The third-order valence-corrected chi connectivity index (χ3v) is 5.69. The Morgan fingerprint density at radius 1 is 1.36 bits per heavy atom. The van der Waals surface area contributed by atoms with Gasteiger partial charge in [-0.3, -0.25) is 4.90 Å². The number of rotatable bonds is 5. The number of benzene rings is 1. The molecule has 1 aromatic carbocycles. The number of anilines is 2. The molecule has 0 bridgehead atoms. The number of ether oxygens (including phenoxy) is 2. The molecule has 11 heteroatoms. The molecule has 0 N–H and O–H groups in total. The van der Waals surface area contributed by atoms with Crippen LogP contribution >= 0.6 is 0 Å². The van der Waals surface area contributed by atoms with E-state index in [0.29, 0.717) is 24.5 Å². The molecule has 10 nitrogen and oxygen atoms in total.